The number of azide groups is 1. The minimum Gasteiger partial charge on any atom is -0.377 e. The second kappa shape index (κ2) is 4.30. The first kappa shape index (κ1) is 10.1. The summed E-state index contributed by atoms with van der Waals surface area (Å²) < 4.78 is 0. The predicted molar refractivity (Wildman–Crippen MR) is 54.2 cm³/mol. The molecule has 14 heavy (non-hydrogen) atoms. The molecule has 0 aliphatic carbocycles. The average molecular weight is 190 g/mol. The normalized spacial score (nSPS) is 9.00. The van der Waals surface area contributed by atoms with Crippen LogP contribution in [0, 0.1) is 0 Å². The molecule has 0 aliphatic rings. The van der Waals surface area contributed by atoms with E-state index in [1.807, 2.05) is 20.2 Å². The summed E-state index contributed by atoms with van der Waals surface area (Å²) in [4.78, 5) is 15.6. The number of amides is 1. The summed E-state index contributed by atoms with van der Waals surface area (Å²) in [5.74, 6) is -0.559. The van der Waals surface area contributed by atoms with Crippen molar-refractivity contribution in [1.82, 2.24) is 0 Å². The van der Waals surface area contributed by atoms with Gasteiger partial charge in [0.1, 0.15) is 0 Å². The Labute approximate surface area is 81.6 Å². The van der Waals surface area contributed by atoms with Crippen molar-refractivity contribution >= 4 is 11.6 Å². The fourth-order valence-corrected chi connectivity index (χ4v) is 1.14. The molecule has 5 heteroatoms. The van der Waals surface area contributed by atoms with E-state index in [9.17, 15) is 4.79 Å². The van der Waals surface area contributed by atoms with Gasteiger partial charge in [0, 0.05) is 30.3 Å². The Morgan fingerprint density at radius 3 is 2.64 bits per heavy atom. The zero-order valence-electron chi connectivity index (χ0n) is 8.01. The molecule has 0 atom stereocenters. The van der Waals surface area contributed by atoms with Crippen molar-refractivity contribution in [1.29, 1.82) is 0 Å². The lowest BCUT2D eigenvalue weighted by molar-refractivity contribution is 0.100. The Bertz CT molecular complexity index is 394. The van der Waals surface area contributed by atoms with Crippen LogP contribution in [0.1, 0.15) is 10.4 Å². The third-order valence-electron chi connectivity index (χ3n) is 1.75. The van der Waals surface area contributed by atoms with Crippen molar-refractivity contribution < 1.29 is 4.79 Å². The van der Waals surface area contributed by atoms with Gasteiger partial charge >= 0.3 is 0 Å². The zero-order valence-corrected chi connectivity index (χ0v) is 8.01. The van der Waals surface area contributed by atoms with Crippen molar-refractivity contribution in [2.75, 3.05) is 19.0 Å². The molecule has 1 amide bonds. The molecule has 0 saturated heterocycles. The molecule has 0 fully saturated rings. The number of carbonyl (C=O) groups excluding carboxylic acids is 1. The molecular formula is C9H10N4O. The largest absolute Gasteiger partial charge is 0.377 e. The van der Waals surface area contributed by atoms with Gasteiger partial charge in [-0.25, -0.2) is 0 Å². The number of para-hydroxylation sites is 1. The standard InChI is InChI=1S/C9H10N4O/c1-13(2)8-6-4-3-5-7(8)9(14)11-12-10/h3-6H,1-2H3. The van der Waals surface area contributed by atoms with Gasteiger partial charge < -0.3 is 4.90 Å². The van der Waals surface area contributed by atoms with Crippen LogP contribution in [-0.2, 0) is 0 Å². The smallest absolute Gasteiger partial charge is 0.251 e. The molecule has 0 spiro atoms. The highest BCUT2D eigenvalue weighted by atomic mass is 16.1. The van der Waals surface area contributed by atoms with E-state index in [0.717, 1.165) is 5.69 Å². The Kier molecular flexibility index (Phi) is 3.09. The van der Waals surface area contributed by atoms with Crippen molar-refractivity contribution in [3.05, 3.63) is 40.3 Å². The number of hydrogen-bond acceptors (Lipinski definition) is 2. The molecule has 1 rings (SSSR count). The van der Waals surface area contributed by atoms with Crippen LogP contribution in [0.2, 0.25) is 0 Å². The molecule has 5 nitrogen and oxygen atoms in total. The van der Waals surface area contributed by atoms with Crippen molar-refractivity contribution in [2.24, 2.45) is 5.11 Å². The first-order valence-corrected chi connectivity index (χ1v) is 4.02. The average Bonchev–Trinajstić information content (AvgIpc) is 2.18. The van der Waals surface area contributed by atoms with Crippen LogP contribution in [0.4, 0.5) is 5.69 Å². The molecule has 0 saturated carbocycles. The zero-order chi connectivity index (χ0) is 10.6. The van der Waals surface area contributed by atoms with Gasteiger partial charge in [0.25, 0.3) is 5.91 Å². The molecule has 1 aromatic carbocycles. The Morgan fingerprint density at radius 1 is 1.43 bits per heavy atom. The topological polar surface area (TPSA) is 69.1 Å². The summed E-state index contributed by atoms with van der Waals surface area (Å²) >= 11 is 0. The maximum atomic E-state index is 11.3. The number of rotatable bonds is 2. The van der Waals surface area contributed by atoms with Gasteiger partial charge in [0.2, 0.25) is 0 Å². The second-order valence-electron chi connectivity index (χ2n) is 2.91. The van der Waals surface area contributed by atoms with Gasteiger partial charge in [-0.15, -0.1) is 0 Å². The Morgan fingerprint density at radius 2 is 2.07 bits per heavy atom. The Balaban J connectivity index is 3.19. The number of hydrogen-bond donors (Lipinski definition) is 0. The van der Waals surface area contributed by atoms with Crippen LogP contribution in [0.3, 0.4) is 0 Å². The van der Waals surface area contributed by atoms with Crippen LogP contribution in [0.15, 0.2) is 29.4 Å². The van der Waals surface area contributed by atoms with Crippen LogP contribution in [0.25, 0.3) is 10.4 Å². The summed E-state index contributed by atoms with van der Waals surface area (Å²) in [7, 11) is 3.64. The molecular weight excluding hydrogens is 180 g/mol. The number of nitrogens with zero attached hydrogens (tertiary/aromatic N) is 4. The van der Waals surface area contributed by atoms with E-state index in [2.05, 4.69) is 10.0 Å². The van der Waals surface area contributed by atoms with Gasteiger partial charge in [-0.2, -0.15) is 0 Å². The van der Waals surface area contributed by atoms with Crippen molar-refractivity contribution in [3.63, 3.8) is 0 Å². The summed E-state index contributed by atoms with van der Waals surface area (Å²) in [6, 6.07) is 6.97. The van der Waals surface area contributed by atoms with E-state index in [1.54, 1.807) is 23.1 Å². The summed E-state index contributed by atoms with van der Waals surface area (Å²) in [6.07, 6.45) is 0. The van der Waals surface area contributed by atoms with E-state index < -0.39 is 5.91 Å². The molecule has 0 bridgehead atoms. The monoisotopic (exact) mass is 190 g/mol. The fourth-order valence-electron chi connectivity index (χ4n) is 1.14. The van der Waals surface area contributed by atoms with Gasteiger partial charge in [0.15, 0.2) is 0 Å². The maximum Gasteiger partial charge on any atom is 0.251 e. The number of benzene rings is 1. The lowest BCUT2D eigenvalue weighted by Crippen LogP contribution is -2.12. The quantitative estimate of drug-likeness (QED) is 0.407. The molecule has 0 aliphatic heterocycles. The minimum absolute atomic E-state index is 0.412. The van der Waals surface area contributed by atoms with Gasteiger partial charge in [-0.05, 0) is 22.8 Å². The predicted octanol–water partition coefficient (Wildman–Crippen LogP) is 2.20. The lowest BCUT2D eigenvalue weighted by atomic mass is 10.1. The van der Waals surface area contributed by atoms with E-state index >= 15 is 0 Å². The second-order valence-corrected chi connectivity index (χ2v) is 2.91. The van der Waals surface area contributed by atoms with Crippen LogP contribution < -0.4 is 4.90 Å². The highest BCUT2D eigenvalue weighted by molar-refractivity contribution is 6.00. The SMILES string of the molecule is CN(C)c1ccccc1C(=O)N=[N+]=[N-]. The highest BCUT2D eigenvalue weighted by Crippen LogP contribution is 2.18. The molecule has 72 valence electrons. The number of carbonyl (C=O) groups is 1. The first-order valence-electron chi connectivity index (χ1n) is 4.02. The summed E-state index contributed by atoms with van der Waals surface area (Å²) in [5, 5.41) is 3.05. The van der Waals surface area contributed by atoms with E-state index in [0.29, 0.717) is 5.56 Å². The molecule has 0 unspecified atom stereocenters. The van der Waals surface area contributed by atoms with Gasteiger partial charge in [0.05, 0.1) is 0 Å². The molecule has 0 N–H and O–H groups in total. The maximum absolute atomic E-state index is 11.3. The Hall–Kier alpha value is -2.00. The third-order valence-corrected chi connectivity index (χ3v) is 1.75. The van der Waals surface area contributed by atoms with Crippen LogP contribution in [0.5, 0.6) is 0 Å². The minimum atomic E-state index is -0.559. The van der Waals surface area contributed by atoms with Crippen LogP contribution in [-0.4, -0.2) is 20.0 Å². The molecule has 0 aromatic heterocycles. The van der Waals surface area contributed by atoms with Gasteiger partial charge in [-0.3, -0.25) is 4.79 Å². The highest BCUT2D eigenvalue weighted by Gasteiger charge is 2.09. The summed E-state index contributed by atoms with van der Waals surface area (Å²) in [5.41, 5.74) is 9.30. The molecule has 1 aromatic rings. The van der Waals surface area contributed by atoms with Gasteiger partial charge in [-0.1, -0.05) is 12.1 Å². The van der Waals surface area contributed by atoms with E-state index in [1.165, 1.54) is 0 Å². The summed E-state index contributed by atoms with van der Waals surface area (Å²) in [6.45, 7) is 0. The molecule has 0 radical (unpaired) electrons. The first-order chi connectivity index (χ1) is 6.66. The van der Waals surface area contributed by atoms with E-state index in [-0.39, 0.29) is 0 Å². The molecule has 0 heterocycles. The third kappa shape index (κ3) is 2.02. The fraction of sp³-hybridized carbons (Fsp3) is 0.222. The van der Waals surface area contributed by atoms with E-state index in [4.69, 9.17) is 5.53 Å². The van der Waals surface area contributed by atoms with Crippen LogP contribution >= 0.6 is 0 Å². The van der Waals surface area contributed by atoms with Crippen molar-refractivity contribution in [2.45, 2.75) is 0 Å². The number of anilines is 1. The lowest BCUT2D eigenvalue weighted by Gasteiger charge is -2.14. The van der Waals surface area contributed by atoms with Crippen molar-refractivity contribution in [3.8, 4) is 0 Å².